The number of carbonyl (C=O) groups excluding carboxylic acids is 4. The van der Waals surface area contributed by atoms with Gasteiger partial charge in [-0.1, -0.05) is 13.8 Å². The number of fused-ring (bicyclic) bond motifs is 4. The smallest absolute Gasteiger partial charge is 0.245 e. The van der Waals surface area contributed by atoms with Crippen LogP contribution in [0.4, 0.5) is 39.3 Å². The second-order valence-corrected chi connectivity index (χ2v) is 31.7. The summed E-state index contributed by atoms with van der Waals surface area (Å²) >= 11 is 0. The van der Waals surface area contributed by atoms with Crippen molar-refractivity contribution in [3.8, 4) is 67.3 Å². The number of piperidine rings is 1. The van der Waals surface area contributed by atoms with E-state index >= 15 is 0 Å². The van der Waals surface area contributed by atoms with Crippen LogP contribution in [0.2, 0.25) is 0 Å². The van der Waals surface area contributed by atoms with Crippen LogP contribution in [0.1, 0.15) is 37.2 Å². The number of pyridine rings is 8. The lowest BCUT2D eigenvalue weighted by Gasteiger charge is -2.36. The van der Waals surface area contributed by atoms with Gasteiger partial charge in [-0.25, -0.2) is 54.2 Å². The summed E-state index contributed by atoms with van der Waals surface area (Å²) in [4.78, 5) is 143. The minimum atomic E-state index is -0.428. The van der Waals surface area contributed by atoms with Gasteiger partial charge >= 0.3 is 0 Å². The summed E-state index contributed by atoms with van der Waals surface area (Å²) in [6.45, 7) is 16.6. The number of hydrogen-bond donors (Lipinski definition) is 4. The molecule has 36 heteroatoms. The molecule has 18 aromatic rings. The molecular weight excluding hydrogens is 1660 g/mol. The first-order valence-corrected chi connectivity index (χ1v) is 42.2. The van der Waals surface area contributed by atoms with Crippen molar-refractivity contribution >= 4 is 103 Å². The normalized spacial score (nSPS) is 13.7. The predicted molar refractivity (Wildman–Crippen MR) is 496 cm³/mol. The van der Waals surface area contributed by atoms with Crippen molar-refractivity contribution < 1.29 is 23.6 Å². The van der Waals surface area contributed by atoms with Crippen LogP contribution in [0.3, 0.4) is 0 Å². The zero-order chi connectivity index (χ0) is 90.3. The Morgan fingerprint density at radius 3 is 1.05 bits per heavy atom. The molecule has 20 rings (SSSR count). The van der Waals surface area contributed by atoms with Gasteiger partial charge in [-0.15, -0.1) is 0 Å². The number of carbonyl (C=O) groups is 4. The van der Waals surface area contributed by atoms with Crippen molar-refractivity contribution in [1.82, 2.24) is 123 Å². The first kappa shape index (κ1) is 86.3. The second kappa shape index (κ2) is 39.8. The third-order valence-corrected chi connectivity index (χ3v) is 21.9. The number of rotatable bonds is 20. The summed E-state index contributed by atoms with van der Waals surface area (Å²) < 4.78 is 21.9. The Morgan fingerprint density at radius 2 is 0.695 bits per heavy atom. The van der Waals surface area contributed by atoms with Crippen molar-refractivity contribution in [3.05, 3.63) is 281 Å². The van der Waals surface area contributed by atoms with Crippen molar-refractivity contribution in [2.24, 2.45) is 11.8 Å². The van der Waals surface area contributed by atoms with E-state index in [1.165, 1.54) is 12.6 Å². The van der Waals surface area contributed by atoms with Crippen LogP contribution in [-0.4, -0.2) is 193 Å². The Bertz CT molecular complexity index is 6810. The number of aromatic nitrogens is 24. The number of nitrogens with one attached hydrogen (secondary N) is 4. The molecule has 2 aliphatic heterocycles. The van der Waals surface area contributed by atoms with E-state index in [9.17, 15) is 23.6 Å². The van der Waals surface area contributed by atoms with E-state index in [4.69, 9.17) is 0 Å². The van der Waals surface area contributed by atoms with Crippen LogP contribution in [0, 0.1) is 38.4 Å². The summed E-state index contributed by atoms with van der Waals surface area (Å²) in [5, 5.41) is 14.9. The maximum atomic E-state index is 14.7. The summed E-state index contributed by atoms with van der Waals surface area (Å²) in [6.07, 6.45) is 44.5. The highest BCUT2D eigenvalue weighted by Crippen LogP contribution is 2.36. The minimum Gasteiger partial charge on any atom is -0.355 e. The van der Waals surface area contributed by atoms with Gasteiger partial charge in [0.1, 0.15) is 102 Å². The maximum absolute atomic E-state index is 14.7. The van der Waals surface area contributed by atoms with Gasteiger partial charge in [0.15, 0.2) is 0 Å². The Morgan fingerprint density at radius 1 is 0.344 bits per heavy atom. The topological polar surface area (TPSA) is 404 Å². The number of aryl methyl sites for hydroxylation is 3. The maximum Gasteiger partial charge on any atom is 0.245 e. The molecule has 2 unspecified atom stereocenters. The quantitative estimate of drug-likeness (QED) is 0.0550. The summed E-state index contributed by atoms with van der Waals surface area (Å²) in [6, 6.07) is 29.7. The first-order chi connectivity index (χ1) is 63.9. The lowest BCUT2D eigenvalue weighted by molar-refractivity contribution is -0.117. The lowest BCUT2D eigenvalue weighted by Crippen LogP contribution is -2.44. The molecule has 2 saturated heterocycles. The molecule has 0 saturated carbocycles. The Labute approximate surface area is 750 Å². The molecule has 0 spiro atoms. The van der Waals surface area contributed by atoms with Gasteiger partial charge in [-0.3, -0.25) is 69.0 Å². The van der Waals surface area contributed by atoms with Crippen LogP contribution < -0.4 is 31.1 Å². The molecule has 131 heavy (non-hydrogen) atoms. The Kier molecular flexibility index (Phi) is 26.2. The fraction of sp³-hybridized carbons (Fsp3) is 0.200. The summed E-state index contributed by atoms with van der Waals surface area (Å²) in [7, 11) is 2.13. The number of nitrogens with zero attached hydrogens (tertiary/aromatic N) is 27. The average Bonchev–Trinajstić information content (AvgIpc) is 1.66. The molecule has 4 N–H and O–H groups in total. The standard InChI is InChI=1S/C25H21N7O.C24H18FN7O.C24H26N8O.C22H23N9O/c1-16-12-30-25-20(24(16)18-5-7-27-17(2)11-18)6-10-32(25)15-23(33)31-22-4-3-19(13-29-22)21-14-26-8-9-28-21;1-15-10-16(4-6-27-15)23-18-5-9-32(24(18)30-12-19(23)25)14-22(33)31-21-3-2-17(11-29-21)20-13-26-7-8-28-20;1-16-9-17(2)13-32(12-16)24-19-5-8-31(23(19)28-15-29-24)14-22(33)30-21-4-3-18(10-27-21)20-11-25-6-7-26-20;1-29-8-10-30(11-9-29)21-17-4-7-31(22(17)27-15-26-21)14-20(32)28-19-3-2-16(12-25-19)18-13-23-5-6-24-18/h3-14H,15H2,1-2H3,(H,29,31,33);2-13H,14H2,1H3,(H,29,31,33);3-8,10-11,15-17H,9,12-14H2,1-2H3,(H,27,30,33);2-7,12-13,15H,8-11,14H2,1H3,(H,25,28,32). The molecule has 654 valence electrons. The number of amides is 4. The number of piperazine rings is 1. The molecule has 2 atom stereocenters. The molecule has 0 radical (unpaired) electrons. The van der Waals surface area contributed by atoms with E-state index in [1.807, 2.05) is 120 Å². The number of hydrogen-bond acceptors (Lipinski definition) is 27. The zero-order valence-corrected chi connectivity index (χ0v) is 72.3. The lowest BCUT2D eigenvalue weighted by atomic mass is 9.92. The zero-order valence-electron chi connectivity index (χ0n) is 72.3. The van der Waals surface area contributed by atoms with Crippen LogP contribution in [0.5, 0.6) is 0 Å². The largest absolute Gasteiger partial charge is 0.355 e. The second-order valence-electron chi connectivity index (χ2n) is 31.7. The fourth-order valence-corrected chi connectivity index (χ4v) is 15.9. The van der Waals surface area contributed by atoms with Gasteiger partial charge in [0, 0.05) is 207 Å². The number of likely N-dealkylation sites (N-methyl/N-ethyl adjacent to an activating group) is 1. The van der Waals surface area contributed by atoms with Gasteiger partial charge in [0.05, 0.1) is 64.5 Å². The van der Waals surface area contributed by atoms with Crippen LogP contribution in [-0.2, 0) is 45.4 Å². The van der Waals surface area contributed by atoms with E-state index in [2.05, 4.69) is 163 Å². The highest BCUT2D eigenvalue weighted by molar-refractivity contribution is 5.99. The van der Waals surface area contributed by atoms with E-state index in [-0.39, 0.29) is 49.8 Å². The van der Waals surface area contributed by atoms with Crippen LogP contribution >= 0.6 is 0 Å². The highest BCUT2D eigenvalue weighted by Gasteiger charge is 2.27. The summed E-state index contributed by atoms with van der Waals surface area (Å²) in [5.74, 6) is 3.72. The van der Waals surface area contributed by atoms with Crippen LogP contribution in [0.25, 0.3) is 111 Å². The van der Waals surface area contributed by atoms with Gasteiger partial charge < -0.3 is 54.2 Å². The van der Waals surface area contributed by atoms with Crippen LogP contribution in [0.15, 0.2) is 258 Å². The molecule has 20 heterocycles. The van der Waals surface area contributed by atoms with E-state index < -0.39 is 5.82 Å². The van der Waals surface area contributed by atoms with E-state index in [1.54, 1.807) is 165 Å². The Balaban J connectivity index is 0.000000122. The number of halogens is 1. The molecule has 2 fully saturated rings. The van der Waals surface area contributed by atoms with Gasteiger partial charge in [-0.2, -0.15) is 0 Å². The van der Waals surface area contributed by atoms with Crippen molar-refractivity contribution in [2.45, 2.75) is 67.2 Å². The van der Waals surface area contributed by atoms with Gasteiger partial charge in [0.25, 0.3) is 0 Å². The molecule has 4 amide bonds. The summed E-state index contributed by atoms with van der Waals surface area (Å²) in [5.41, 5.74) is 15.1. The first-order valence-electron chi connectivity index (χ1n) is 42.2. The van der Waals surface area contributed by atoms with Gasteiger partial charge in [0.2, 0.25) is 23.6 Å². The predicted octanol–water partition coefficient (Wildman–Crippen LogP) is 13.3. The third kappa shape index (κ3) is 20.8. The molecule has 0 aromatic carbocycles. The molecule has 0 bridgehead atoms. The molecule has 2 aliphatic rings. The molecule has 35 nitrogen and oxygen atoms in total. The van der Waals surface area contributed by atoms with Gasteiger partial charge in [-0.05, 0) is 165 Å². The molecular formula is C95H88FN31O4. The fourth-order valence-electron chi connectivity index (χ4n) is 15.9. The number of anilines is 6. The molecule has 18 aromatic heterocycles. The third-order valence-electron chi connectivity index (χ3n) is 21.9. The monoisotopic (exact) mass is 1750 g/mol. The molecule has 0 aliphatic carbocycles. The van der Waals surface area contributed by atoms with Crippen molar-refractivity contribution in [3.63, 3.8) is 0 Å². The van der Waals surface area contributed by atoms with E-state index in [0.29, 0.717) is 63.0 Å². The van der Waals surface area contributed by atoms with E-state index in [0.717, 1.165) is 151 Å². The SMILES string of the molecule is CC1CC(C)CN(c2ncnc3c2ccn3CC(=O)Nc2ccc(-c3cnccn3)cn2)C1.CN1CCN(c2ncnc3c2ccn3CC(=O)Nc2ccc(-c3cnccn3)cn2)CC1.Cc1cc(-c2c(C)cnc3c2ccn3CC(=O)Nc2ccc(-c3cnccn3)cn2)ccn1.Cc1cc(-c2c(F)cnc3c2ccn3CC(=O)Nc2ccc(-c3cnccn3)cn2)ccn1. The average molecular weight is 1750 g/mol. The Hall–Kier alpha value is -16.8. The highest BCUT2D eigenvalue weighted by atomic mass is 19.1. The van der Waals surface area contributed by atoms with Crippen molar-refractivity contribution in [1.29, 1.82) is 0 Å². The minimum absolute atomic E-state index is 0.00450. The van der Waals surface area contributed by atoms with Crippen molar-refractivity contribution in [2.75, 3.05) is 77.4 Å².